The molecule has 2 N–H and O–H groups in total. The fourth-order valence-corrected chi connectivity index (χ4v) is 1.38. The minimum absolute atomic E-state index is 0. The van der Waals surface area contributed by atoms with Crippen LogP contribution in [-0.4, -0.2) is 58.6 Å². The molecule has 0 fully saturated rings. The van der Waals surface area contributed by atoms with E-state index in [1.54, 1.807) is 0 Å². The Kier molecular flexibility index (Phi) is 22.2. The van der Waals surface area contributed by atoms with E-state index < -0.39 is 4.73 Å². The van der Waals surface area contributed by atoms with Crippen molar-refractivity contribution < 1.29 is 29.7 Å². The quantitative estimate of drug-likeness (QED) is 0.484. The van der Waals surface area contributed by atoms with E-state index in [9.17, 15) is 5.11 Å². The first-order chi connectivity index (χ1) is 7.45. The van der Waals surface area contributed by atoms with Crippen LogP contribution in [0, 0.1) is 0 Å². The molecular weight excluding hydrogens is 403 g/mol. The molecule has 0 aliphatic rings. The van der Waals surface area contributed by atoms with Gasteiger partial charge in [0.05, 0.1) is 0 Å². The maximum absolute atomic E-state index is 11.0. The Hall–Kier alpha value is 0.602. The Bertz CT molecular complexity index is 195. The average molecular weight is 424 g/mol. The van der Waals surface area contributed by atoms with Crippen molar-refractivity contribution in [1.82, 2.24) is 4.90 Å². The number of rotatable bonds is 7. The van der Waals surface area contributed by atoms with Gasteiger partial charge in [-0.3, -0.25) is 0 Å². The second kappa shape index (κ2) is 16.6. The fraction of sp³-hybridized carbons (Fsp3) is 0.800. The first-order valence-electron chi connectivity index (χ1n) is 5.38. The zero-order valence-corrected chi connectivity index (χ0v) is 17.0. The van der Waals surface area contributed by atoms with Crippen molar-refractivity contribution in [2.24, 2.45) is 5.73 Å². The Morgan fingerprint density at radius 3 is 1.53 bits per heavy atom. The molecule has 0 radical (unpaired) electrons. The summed E-state index contributed by atoms with van der Waals surface area (Å²) in [6, 6.07) is 0. The summed E-state index contributed by atoms with van der Waals surface area (Å²) >= 11 is 4.59. The molecule has 17 heavy (non-hydrogen) atoms. The van der Waals surface area contributed by atoms with Crippen LogP contribution in [0.25, 0.3) is 0 Å². The van der Waals surface area contributed by atoms with E-state index in [1.807, 2.05) is 20.5 Å². The molecule has 0 amide bonds. The van der Waals surface area contributed by atoms with Crippen LogP contribution in [0.2, 0.25) is 0 Å². The molecule has 0 aromatic carbocycles. The van der Waals surface area contributed by atoms with Crippen molar-refractivity contribution in [2.75, 3.05) is 13.1 Å². The summed E-state index contributed by atoms with van der Waals surface area (Å²) < 4.78 is -0.364. The summed E-state index contributed by atoms with van der Waals surface area (Å²) in [6.45, 7) is 6.09. The molecule has 0 aliphatic heterocycles. The maximum Gasteiger partial charge on any atom is 2.00 e. The normalized spacial score (nSPS) is 8.35. The third-order valence-electron chi connectivity index (χ3n) is 1.82. The Balaban J connectivity index is -0.000000340. The second-order valence-corrected chi connectivity index (χ2v) is 4.86. The van der Waals surface area contributed by atoms with Crippen LogP contribution in [0.15, 0.2) is 0 Å². The molecule has 0 heterocycles. The van der Waals surface area contributed by atoms with Crippen molar-refractivity contribution in [2.45, 2.75) is 39.5 Å². The predicted octanol–water partition coefficient (Wildman–Crippen LogP) is -1.94. The van der Waals surface area contributed by atoms with Crippen LogP contribution < -0.4 is 15.9 Å². The molecule has 0 atom stereocenters. The van der Waals surface area contributed by atoms with Gasteiger partial charge in [-0.2, -0.15) is 0 Å². The van der Waals surface area contributed by atoms with Crippen molar-refractivity contribution in [3.05, 3.63) is 0 Å². The smallest absolute Gasteiger partial charge is 2.00 e. The van der Waals surface area contributed by atoms with E-state index in [2.05, 4.69) is 35.2 Å². The summed E-state index contributed by atoms with van der Waals surface area (Å²) in [5.41, 5.74) is 4.42. The molecule has 0 aromatic heterocycles. The first kappa shape index (κ1) is 22.8. The summed E-state index contributed by atoms with van der Waals surface area (Å²) in [6.07, 6.45) is 4.51. The molecule has 0 bridgehead atoms. The van der Waals surface area contributed by atoms with Gasteiger partial charge in [0.2, 0.25) is 0 Å². The van der Waals surface area contributed by atoms with E-state index in [0.29, 0.717) is 0 Å². The first-order valence-corrected chi connectivity index (χ1v) is 7.09. The number of hydrogen-bond acceptors (Lipinski definition) is 4. The van der Waals surface area contributed by atoms with Gasteiger partial charge >= 0.3 is 134 Å². The molecule has 0 unspecified atom stereocenters. The van der Waals surface area contributed by atoms with Crippen LogP contribution >= 0.6 is 0 Å². The second-order valence-electron chi connectivity index (χ2n) is 3.28. The summed E-state index contributed by atoms with van der Waals surface area (Å²) in [5.74, 6) is 0. The molecule has 96 valence electrons. The van der Waals surface area contributed by atoms with Gasteiger partial charge in [0.1, 0.15) is 0 Å². The molecule has 0 saturated carbocycles. The maximum atomic E-state index is 11.0. The van der Waals surface area contributed by atoms with Crippen molar-refractivity contribution >= 4 is 40.6 Å². The van der Waals surface area contributed by atoms with Gasteiger partial charge in [-0.1, -0.05) is 0 Å². The van der Waals surface area contributed by atoms with Gasteiger partial charge in [0, 0.05) is 0 Å². The molecule has 0 saturated heterocycles. The van der Waals surface area contributed by atoms with Crippen LogP contribution in [0.1, 0.15) is 39.5 Å². The molecule has 4 nitrogen and oxygen atoms in total. The zero-order chi connectivity index (χ0) is 13.0. The third kappa shape index (κ3) is 22.3. The van der Waals surface area contributed by atoms with E-state index in [1.165, 1.54) is 0 Å². The average Bonchev–Trinajstić information content (AvgIpc) is 2.16. The van der Waals surface area contributed by atoms with Crippen molar-refractivity contribution in [3.63, 3.8) is 0 Å². The summed E-state index contributed by atoms with van der Waals surface area (Å²) in [7, 11) is 0. The van der Waals surface area contributed by atoms with Crippen LogP contribution in [-0.2, 0) is 19.5 Å². The summed E-state index contributed by atoms with van der Waals surface area (Å²) in [5, 5.41) is 20.2. The van der Waals surface area contributed by atoms with E-state index in [-0.39, 0.29) is 24.2 Å². The molecule has 0 aromatic rings. The van der Waals surface area contributed by atoms with E-state index in [0.717, 1.165) is 38.8 Å². The predicted molar refractivity (Wildman–Crippen MR) is 67.1 cm³/mol. The van der Waals surface area contributed by atoms with Gasteiger partial charge in [0.25, 0.3) is 0 Å². The van der Waals surface area contributed by atoms with Crippen LogP contribution in [0.5, 0.6) is 0 Å². The molecular formula is C10H20N2O2Se2Zn. The molecule has 0 spiro atoms. The Morgan fingerprint density at radius 1 is 1.06 bits per heavy atom. The van der Waals surface area contributed by atoms with Gasteiger partial charge < -0.3 is 0 Å². The van der Waals surface area contributed by atoms with Crippen molar-refractivity contribution in [1.29, 1.82) is 0 Å². The third-order valence-corrected chi connectivity index (χ3v) is 2.36. The fourth-order valence-electron chi connectivity index (χ4n) is 0.992. The standard InChI is InChI=1S/C9H19NOSe.CH3NOSe.Zn/c1-3-5-7-10(9(11)12)8-6-4-2;2-1(3)4;/h3-8H2,1-2H3,(H,11,12);(H3,2,3,4);/q;;+2/p-2. The Labute approximate surface area is 133 Å². The SMILES string of the molecule is CCCCN(CCCC)C([O-])=[Se].NC([O-])=[Se].[Zn+2]. The zero-order valence-electron chi connectivity index (χ0n) is 10.6. The van der Waals surface area contributed by atoms with Crippen LogP contribution in [0.3, 0.4) is 0 Å². The minimum Gasteiger partial charge on any atom is 2.00 e. The number of nitrogens with two attached hydrogens (primary N) is 1. The largest absolute Gasteiger partial charge is 2.00 e. The number of nitrogens with zero attached hydrogens (tertiary/aromatic N) is 1. The monoisotopic (exact) mass is 424 g/mol. The van der Waals surface area contributed by atoms with Gasteiger partial charge in [-0.25, -0.2) is 0 Å². The number of unbranched alkanes of at least 4 members (excludes halogenated alkanes) is 2. The van der Waals surface area contributed by atoms with Gasteiger partial charge in [-0.15, -0.1) is 0 Å². The van der Waals surface area contributed by atoms with Gasteiger partial charge in [0.15, 0.2) is 0 Å². The van der Waals surface area contributed by atoms with Crippen molar-refractivity contribution in [3.8, 4) is 0 Å². The van der Waals surface area contributed by atoms with Gasteiger partial charge in [-0.05, 0) is 0 Å². The summed E-state index contributed by atoms with van der Waals surface area (Å²) in [4.78, 5) is 1.90. The Morgan fingerprint density at radius 2 is 1.35 bits per heavy atom. The minimum atomic E-state index is -0.458. The molecule has 7 heteroatoms. The van der Waals surface area contributed by atoms with E-state index in [4.69, 9.17) is 5.11 Å². The topological polar surface area (TPSA) is 75.4 Å². The van der Waals surface area contributed by atoms with Crippen LogP contribution in [0.4, 0.5) is 0 Å². The number of hydrogen-bond donors (Lipinski definition) is 1. The molecule has 0 aliphatic carbocycles. The van der Waals surface area contributed by atoms with E-state index >= 15 is 0 Å². The molecule has 0 rings (SSSR count).